The van der Waals surface area contributed by atoms with Crippen molar-refractivity contribution in [2.24, 2.45) is 0 Å². The predicted octanol–water partition coefficient (Wildman–Crippen LogP) is 3.63. The van der Waals surface area contributed by atoms with Crippen LogP contribution in [0.2, 0.25) is 0 Å². The highest BCUT2D eigenvalue weighted by molar-refractivity contribution is 5.33. The minimum atomic E-state index is -0.228. The number of halogens is 1. The fourth-order valence-electron chi connectivity index (χ4n) is 3.62. The van der Waals surface area contributed by atoms with E-state index in [1.54, 1.807) is 12.1 Å². The lowest BCUT2D eigenvalue weighted by Gasteiger charge is -2.32. The van der Waals surface area contributed by atoms with Crippen molar-refractivity contribution < 1.29 is 13.9 Å². The molecule has 1 unspecified atom stereocenters. The second-order valence-corrected chi connectivity index (χ2v) is 6.80. The zero-order valence-electron chi connectivity index (χ0n) is 14.2. The molecule has 0 spiro atoms. The van der Waals surface area contributed by atoms with E-state index < -0.39 is 0 Å². The van der Waals surface area contributed by atoms with Crippen LogP contribution in [0.15, 0.2) is 42.6 Å². The largest absolute Gasteiger partial charge is 0.491 e. The van der Waals surface area contributed by atoms with Crippen LogP contribution in [-0.2, 0) is 0 Å². The predicted molar refractivity (Wildman–Crippen MR) is 93.6 cm³/mol. The van der Waals surface area contributed by atoms with Gasteiger partial charge in [-0.05, 0) is 62.2 Å². The SMILES string of the molecule is Fc1ccc(OC2CCN(CCC3COc4cccnc43)CC2)cc1. The zero-order chi connectivity index (χ0) is 17.1. The number of benzene rings is 1. The van der Waals surface area contributed by atoms with E-state index in [0.717, 1.165) is 62.7 Å². The number of ether oxygens (including phenoxy) is 2. The number of hydrogen-bond donors (Lipinski definition) is 0. The van der Waals surface area contributed by atoms with Gasteiger partial charge in [0.1, 0.15) is 23.4 Å². The lowest BCUT2D eigenvalue weighted by atomic mass is 10.0. The number of pyridine rings is 1. The Morgan fingerprint density at radius 2 is 1.96 bits per heavy atom. The van der Waals surface area contributed by atoms with Gasteiger partial charge in [-0.3, -0.25) is 4.98 Å². The van der Waals surface area contributed by atoms with Gasteiger partial charge in [0.15, 0.2) is 0 Å². The Balaban J connectivity index is 1.22. The molecule has 1 aromatic heterocycles. The number of piperidine rings is 1. The Morgan fingerprint density at radius 1 is 1.16 bits per heavy atom. The highest BCUT2D eigenvalue weighted by Crippen LogP contribution is 2.33. The van der Waals surface area contributed by atoms with E-state index in [-0.39, 0.29) is 11.9 Å². The molecule has 2 aromatic rings. The summed E-state index contributed by atoms with van der Waals surface area (Å²) in [6.07, 6.45) is 5.16. The average Bonchev–Trinajstić information content (AvgIpc) is 3.06. The van der Waals surface area contributed by atoms with Gasteiger partial charge in [0.05, 0.1) is 12.3 Å². The first-order valence-corrected chi connectivity index (χ1v) is 9.00. The van der Waals surface area contributed by atoms with Gasteiger partial charge in [0.25, 0.3) is 0 Å². The monoisotopic (exact) mass is 342 g/mol. The molecule has 2 aliphatic heterocycles. The van der Waals surface area contributed by atoms with Crippen LogP contribution in [-0.4, -0.2) is 42.2 Å². The summed E-state index contributed by atoms with van der Waals surface area (Å²) in [5, 5.41) is 0. The molecule has 0 radical (unpaired) electrons. The quantitative estimate of drug-likeness (QED) is 0.831. The van der Waals surface area contributed by atoms with Crippen LogP contribution in [0.1, 0.15) is 30.9 Å². The normalized spacial score (nSPS) is 20.9. The summed E-state index contributed by atoms with van der Waals surface area (Å²) in [4.78, 5) is 6.97. The highest BCUT2D eigenvalue weighted by atomic mass is 19.1. The van der Waals surface area contributed by atoms with Gasteiger partial charge in [0, 0.05) is 25.2 Å². The Labute approximate surface area is 147 Å². The second kappa shape index (κ2) is 7.40. The van der Waals surface area contributed by atoms with E-state index in [9.17, 15) is 4.39 Å². The summed E-state index contributed by atoms with van der Waals surface area (Å²) in [6.45, 7) is 3.88. The first-order valence-electron chi connectivity index (χ1n) is 9.00. The van der Waals surface area contributed by atoms with E-state index in [4.69, 9.17) is 9.47 Å². The molecule has 0 bridgehead atoms. The molecular formula is C20H23FN2O2. The first-order chi connectivity index (χ1) is 12.3. The van der Waals surface area contributed by atoms with Crippen molar-refractivity contribution in [2.75, 3.05) is 26.2 Å². The molecule has 1 saturated heterocycles. The molecule has 0 N–H and O–H groups in total. The van der Waals surface area contributed by atoms with Crippen molar-refractivity contribution in [1.82, 2.24) is 9.88 Å². The third-order valence-corrected chi connectivity index (χ3v) is 5.07. The minimum absolute atomic E-state index is 0.221. The number of fused-ring (bicyclic) bond motifs is 1. The number of nitrogens with zero attached hydrogens (tertiary/aromatic N) is 2. The lowest BCUT2D eigenvalue weighted by molar-refractivity contribution is 0.0981. The van der Waals surface area contributed by atoms with Crippen LogP contribution in [0.5, 0.6) is 11.5 Å². The summed E-state index contributed by atoms with van der Waals surface area (Å²) >= 11 is 0. The van der Waals surface area contributed by atoms with Crippen LogP contribution in [0.3, 0.4) is 0 Å². The van der Waals surface area contributed by atoms with Crippen molar-refractivity contribution in [1.29, 1.82) is 0 Å². The molecule has 4 rings (SSSR count). The van der Waals surface area contributed by atoms with Gasteiger partial charge in [0.2, 0.25) is 0 Å². The molecule has 5 heteroatoms. The number of rotatable bonds is 5. The van der Waals surface area contributed by atoms with Gasteiger partial charge in [-0.1, -0.05) is 0 Å². The molecule has 1 fully saturated rings. The number of likely N-dealkylation sites (tertiary alicyclic amines) is 1. The van der Waals surface area contributed by atoms with Gasteiger partial charge in [-0.2, -0.15) is 0 Å². The average molecular weight is 342 g/mol. The van der Waals surface area contributed by atoms with Crippen LogP contribution >= 0.6 is 0 Å². The summed E-state index contributed by atoms with van der Waals surface area (Å²) in [5.41, 5.74) is 1.11. The van der Waals surface area contributed by atoms with Crippen LogP contribution in [0.4, 0.5) is 4.39 Å². The third kappa shape index (κ3) is 3.93. The molecule has 1 atom stereocenters. The van der Waals surface area contributed by atoms with E-state index in [1.807, 2.05) is 18.3 Å². The van der Waals surface area contributed by atoms with Crippen LogP contribution in [0, 0.1) is 5.82 Å². The van der Waals surface area contributed by atoms with E-state index in [1.165, 1.54) is 12.1 Å². The van der Waals surface area contributed by atoms with Crippen molar-refractivity contribution in [3.8, 4) is 11.5 Å². The van der Waals surface area contributed by atoms with Gasteiger partial charge in [-0.15, -0.1) is 0 Å². The highest BCUT2D eigenvalue weighted by Gasteiger charge is 2.27. The Hall–Kier alpha value is -2.14. The van der Waals surface area contributed by atoms with Crippen molar-refractivity contribution in [3.05, 3.63) is 54.1 Å². The summed E-state index contributed by atoms with van der Waals surface area (Å²) < 4.78 is 24.6. The Kier molecular flexibility index (Phi) is 4.83. The van der Waals surface area contributed by atoms with E-state index in [2.05, 4.69) is 9.88 Å². The van der Waals surface area contributed by atoms with Crippen molar-refractivity contribution in [2.45, 2.75) is 31.3 Å². The first kappa shape index (κ1) is 16.3. The van der Waals surface area contributed by atoms with Crippen LogP contribution in [0.25, 0.3) is 0 Å². The molecule has 0 aliphatic carbocycles. The maximum Gasteiger partial charge on any atom is 0.141 e. The summed E-state index contributed by atoms with van der Waals surface area (Å²) in [5.74, 6) is 1.88. The Bertz CT molecular complexity index is 699. The fourth-order valence-corrected chi connectivity index (χ4v) is 3.62. The molecule has 2 aliphatic rings. The van der Waals surface area contributed by atoms with Gasteiger partial charge >= 0.3 is 0 Å². The van der Waals surface area contributed by atoms with E-state index in [0.29, 0.717) is 5.92 Å². The topological polar surface area (TPSA) is 34.6 Å². The fraction of sp³-hybridized carbons (Fsp3) is 0.450. The lowest BCUT2D eigenvalue weighted by Crippen LogP contribution is -2.39. The summed E-state index contributed by atoms with van der Waals surface area (Å²) in [7, 11) is 0. The number of hydrogen-bond acceptors (Lipinski definition) is 4. The maximum atomic E-state index is 12.9. The number of aromatic nitrogens is 1. The second-order valence-electron chi connectivity index (χ2n) is 6.80. The molecular weight excluding hydrogens is 319 g/mol. The zero-order valence-corrected chi connectivity index (χ0v) is 14.2. The Morgan fingerprint density at radius 3 is 2.76 bits per heavy atom. The maximum absolute atomic E-state index is 12.9. The minimum Gasteiger partial charge on any atom is -0.491 e. The van der Waals surface area contributed by atoms with Crippen molar-refractivity contribution >= 4 is 0 Å². The molecule has 4 nitrogen and oxygen atoms in total. The molecule has 0 saturated carbocycles. The standard InChI is InChI=1S/C20H23FN2O2/c21-16-3-5-17(6-4-16)25-18-8-12-23(13-9-18)11-7-15-14-24-19-2-1-10-22-20(15)19/h1-6,10,15,18H,7-9,11-14H2. The van der Waals surface area contributed by atoms with Gasteiger partial charge < -0.3 is 14.4 Å². The third-order valence-electron chi connectivity index (χ3n) is 5.07. The van der Waals surface area contributed by atoms with E-state index >= 15 is 0 Å². The molecule has 1 aromatic carbocycles. The van der Waals surface area contributed by atoms with Gasteiger partial charge in [-0.25, -0.2) is 4.39 Å². The molecule has 0 amide bonds. The van der Waals surface area contributed by atoms with Crippen LogP contribution < -0.4 is 9.47 Å². The molecule has 3 heterocycles. The smallest absolute Gasteiger partial charge is 0.141 e. The summed E-state index contributed by atoms with van der Waals surface area (Å²) in [6, 6.07) is 10.2. The molecule has 132 valence electrons. The molecule has 25 heavy (non-hydrogen) atoms. The van der Waals surface area contributed by atoms with Crippen molar-refractivity contribution in [3.63, 3.8) is 0 Å².